The van der Waals surface area contributed by atoms with E-state index in [2.05, 4.69) is 22.3 Å². The molecule has 1 saturated carbocycles. The summed E-state index contributed by atoms with van der Waals surface area (Å²) in [5, 5.41) is 3.99. The van der Waals surface area contributed by atoms with Crippen molar-refractivity contribution in [2.24, 2.45) is 0 Å². The molecule has 3 aromatic rings. The average molecular weight is 306 g/mol. The third kappa shape index (κ3) is 3.11. The van der Waals surface area contributed by atoms with Gasteiger partial charge in [0.1, 0.15) is 5.75 Å². The van der Waals surface area contributed by atoms with Crippen molar-refractivity contribution in [2.75, 3.05) is 0 Å². The van der Waals surface area contributed by atoms with Crippen LogP contribution in [0.4, 0.5) is 0 Å². The van der Waals surface area contributed by atoms with E-state index in [1.54, 1.807) is 0 Å². The van der Waals surface area contributed by atoms with Crippen molar-refractivity contribution >= 4 is 0 Å². The SMILES string of the molecule is c1ccc(-c2noc(COc3ccc(C4CCC4)cc3)n2)cc1. The van der Waals surface area contributed by atoms with Crippen LogP contribution in [0.1, 0.15) is 36.6 Å². The van der Waals surface area contributed by atoms with Gasteiger partial charge >= 0.3 is 0 Å². The average Bonchev–Trinajstić information content (AvgIpc) is 3.02. The fourth-order valence-corrected chi connectivity index (χ4v) is 2.74. The smallest absolute Gasteiger partial charge is 0.264 e. The summed E-state index contributed by atoms with van der Waals surface area (Å²) in [7, 11) is 0. The highest BCUT2D eigenvalue weighted by molar-refractivity contribution is 5.53. The summed E-state index contributed by atoms with van der Waals surface area (Å²) in [4.78, 5) is 4.36. The van der Waals surface area contributed by atoms with E-state index < -0.39 is 0 Å². The number of nitrogens with zero attached hydrogens (tertiary/aromatic N) is 2. The van der Waals surface area contributed by atoms with E-state index in [4.69, 9.17) is 9.26 Å². The Hall–Kier alpha value is -2.62. The maximum atomic E-state index is 5.73. The zero-order chi connectivity index (χ0) is 15.5. The Kier molecular flexibility index (Phi) is 3.80. The van der Waals surface area contributed by atoms with E-state index >= 15 is 0 Å². The Bertz CT molecular complexity index is 762. The van der Waals surface area contributed by atoms with Gasteiger partial charge < -0.3 is 9.26 Å². The fourth-order valence-electron chi connectivity index (χ4n) is 2.74. The summed E-state index contributed by atoms with van der Waals surface area (Å²) in [5.74, 6) is 2.64. The quantitative estimate of drug-likeness (QED) is 0.692. The molecule has 0 N–H and O–H groups in total. The molecule has 0 unspecified atom stereocenters. The second-order valence-electron chi connectivity index (χ2n) is 5.86. The molecular weight excluding hydrogens is 288 g/mol. The van der Waals surface area contributed by atoms with Crippen LogP contribution in [-0.2, 0) is 6.61 Å². The molecule has 1 aliphatic rings. The van der Waals surface area contributed by atoms with Crippen molar-refractivity contribution in [3.63, 3.8) is 0 Å². The van der Waals surface area contributed by atoms with Crippen LogP contribution < -0.4 is 4.74 Å². The summed E-state index contributed by atoms with van der Waals surface area (Å²) >= 11 is 0. The van der Waals surface area contributed by atoms with Crippen molar-refractivity contribution in [3.8, 4) is 17.1 Å². The predicted molar refractivity (Wildman–Crippen MR) is 87.1 cm³/mol. The van der Waals surface area contributed by atoms with Gasteiger partial charge in [0.25, 0.3) is 5.89 Å². The molecule has 2 aromatic carbocycles. The first-order valence-corrected chi connectivity index (χ1v) is 7.99. The number of aromatic nitrogens is 2. The van der Waals surface area contributed by atoms with Crippen LogP contribution in [0.15, 0.2) is 59.1 Å². The lowest BCUT2D eigenvalue weighted by Gasteiger charge is -2.25. The molecule has 0 radical (unpaired) electrons. The van der Waals surface area contributed by atoms with E-state index in [9.17, 15) is 0 Å². The molecule has 1 fully saturated rings. The first-order chi connectivity index (χ1) is 11.4. The highest BCUT2D eigenvalue weighted by Gasteiger charge is 2.19. The maximum absolute atomic E-state index is 5.73. The van der Waals surface area contributed by atoms with Crippen LogP contribution in [0.2, 0.25) is 0 Å². The number of hydrogen-bond acceptors (Lipinski definition) is 4. The molecule has 0 atom stereocenters. The highest BCUT2D eigenvalue weighted by Crippen LogP contribution is 2.36. The van der Waals surface area contributed by atoms with Crippen molar-refractivity contribution < 1.29 is 9.26 Å². The lowest BCUT2D eigenvalue weighted by Crippen LogP contribution is -2.08. The standard InChI is InChI=1S/C19H18N2O2/c1-2-5-16(6-3-1)19-20-18(23-21-19)13-22-17-11-9-15(10-12-17)14-7-4-8-14/h1-3,5-6,9-12,14H,4,7-8,13H2. The van der Waals surface area contributed by atoms with Crippen molar-refractivity contribution in [3.05, 3.63) is 66.1 Å². The van der Waals surface area contributed by atoms with Gasteiger partial charge in [0.05, 0.1) is 0 Å². The van der Waals surface area contributed by atoms with Crippen LogP contribution in [0.25, 0.3) is 11.4 Å². The Morgan fingerprint density at radius 3 is 2.48 bits per heavy atom. The predicted octanol–water partition coefficient (Wildman–Crippen LogP) is 4.58. The summed E-state index contributed by atoms with van der Waals surface area (Å²) in [6, 6.07) is 18.1. The summed E-state index contributed by atoms with van der Waals surface area (Å²) in [6.07, 6.45) is 3.97. The molecule has 0 bridgehead atoms. The molecular formula is C19H18N2O2. The minimum Gasteiger partial charge on any atom is -0.484 e. The molecule has 23 heavy (non-hydrogen) atoms. The van der Waals surface area contributed by atoms with E-state index in [-0.39, 0.29) is 6.61 Å². The van der Waals surface area contributed by atoms with Gasteiger partial charge in [0.15, 0.2) is 6.61 Å². The van der Waals surface area contributed by atoms with Gasteiger partial charge in [-0.1, -0.05) is 54.0 Å². The lowest BCUT2D eigenvalue weighted by molar-refractivity contribution is 0.243. The van der Waals surface area contributed by atoms with Crippen molar-refractivity contribution in [1.29, 1.82) is 0 Å². The van der Waals surface area contributed by atoms with Crippen molar-refractivity contribution in [1.82, 2.24) is 10.1 Å². The van der Waals surface area contributed by atoms with Crippen LogP contribution in [0, 0.1) is 0 Å². The molecule has 0 saturated heterocycles. The third-order valence-corrected chi connectivity index (χ3v) is 4.32. The zero-order valence-electron chi connectivity index (χ0n) is 12.8. The van der Waals surface area contributed by atoms with Gasteiger partial charge in [-0.2, -0.15) is 4.98 Å². The van der Waals surface area contributed by atoms with Gasteiger partial charge in [0.2, 0.25) is 5.82 Å². The lowest BCUT2D eigenvalue weighted by atomic mass is 9.80. The Morgan fingerprint density at radius 2 is 1.78 bits per heavy atom. The molecule has 1 heterocycles. The molecule has 0 amide bonds. The summed E-state index contributed by atoms with van der Waals surface area (Å²) in [5.41, 5.74) is 2.35. The molecule has 4 nitrogen and oxygen atoms in total. The Morgan fingerprint density at radius 1 is 1.00 bits per heavy atom. The van der Waals surface area contributed by atoms with E-state index in [0.29, 0.717) is 11.7 Å². The van der Waals surface area contributed by atoms with Gasteiger partial charge in [-0.25, -0.2) is 0 Å². The first kappa shape index (κ1) is 14.0. The summed E-state index contributed by atoms with van der Waals surface area (Å²) in [6.45, 7) is 0.280. The van der Waals surface area contributed by atoms with Crippen LogP contribution in [0.3, 0.4) is 0 Å². The molecule has 1 aromatic heterocycles. The summed E-state index contributed by atoms with van der Waals surface area (Å²) < 4.78 is 11.0. The normalized spacial score (nSPS) is 14.4. The molecule has 4 heteroatoms. The Balaban J connectivity index is 1.38. The van der Waals surface area contributed by atoms with Crippen LogP contribution in [-0.4, -0.2) is 10.1 Å². The van der Waals surface area contributed by atoms with E-state index in [0.717, 1.165) is 17.2 Å². The second-order valence-corrected chi connectivity index (χ2v) is 5.86. The molecule has 0 aliphatic heterocycles. The number of ether oxygens (including phenoxy) is 1. The van der Waals surface area contributed by atoms with E-state index in [1.807, 2.05) is 42.5 Å². The monoisotopic (exact) mass is 306 g/mol. The van der Waals surface area contributed by atoms with Gasteiger partial charge in [-0.05, 0) is 36.5 Å². The van der Waals surface area contributed by atoms with Crippen LogP contribution in [0.5, 0.6) is 5.75 Å². The third-order valence-electron chi connectivity index (χ3n) is 4.32. The molecule has 4 rings (SSSR count). The fraction of sp³-hybridized carbons (Fsp3) is 0.263. The largest absolute Gasteiger partial charge is 0.484 e. The van der Waals surface area contributed by atoms with Gasteiger partial charge in [0, 0.05) is 5.56 Å². The highest BCUT2D eigenvalue weighted by atomic mass is 16.5. The van der Waals surface area contributed by atoms with Gasteiger partial charge in [-0.3, -0.25) is 0 Å². The van der Waals surface area contributed by atoms with Crippen LogP contribution >= 0.6 is 0 Å². The minimum atomic E-state index is 0.280. The number of benzene rings is 2. The Labute approximate surface area is 135 Å². The molecule has 0 spiro atoms. The van der Waals surface area contributed by atoms with E-state index in [1.165, 1.54) is 24.8 Å². The first-order valence-electron chi connectivity index (χ1n) is 7.99. The van der Waals surface area contributed by atoms with Crippen molar-refractivity contribution in [2.45, 2.75) is 31.8 Å². The number of hydrogen-bond donors (Lipinski definition) is 0. The second kappa shape index (κ2) is 6.24. The topological polar surface area (TPSA) is 48.2 Å². The molecule has 1 aliphatic carbocycles. The molecule has 116 valence electrons. The van der Waals surface area contributed by atoms with Gasteiger partial charge in [-0.15, -0.1) is 0 Å². The maximum Gasteiger partial charge on any atom is 0.264 e. The minimum absolute atomic E-state index is 0.280. The number of rotatable bonds is 5. The zero-order valence-corrected chi connectivity index (χ0v) is 12.8.